The number of carbonyl (C=O) groups excluding carboxylic acids is 1. The number of methoxy groups -OCH3 is 1. The minimum absolute atomic E-state index is 0.246. The first kappa shape index (κ1) is 24.2. The maximum Gasteiger partial charge on any atom is 0.387 e. The van der Waals surface area contributed by atoms with Crippen LogP contribution in [-0.4, -0.2) is 70.3 Å². The van der Waals surface area contributed by atoms with Gasteiger partial charge in [-0.25, -0.2) is 13.2 Å². The van der Waals surface area contributed by atoms with E-state index in [1.165, 1.54) is 24.3 Å². The number of nitrogens with zero attached hydrogens (tertiary/aromatic N) is 1. The molecule has 13 heteroatoms. The first-order valence-electron chi connectivity index (χ1n) is 9.52. The van der Waals surface area contributed by atoms with Gasteiger partial charge in [0.25, 0.3) is 15.9 Å². The molecule has 1 amide bonds. The van der Waals surface area contributed by atoms with Crippen molar-refractivity contribution in [2.24, 2.45) is 0 Å². The Morgan fingerprint density at radius 3 is 2.30 bits per heavy atom. The molecule has 1 fully saturated rings. The van der Waals surface area contributed by atoms with Gasteiger partial charge >= 0.3 is 12.6 Å². The van der Waals surface area contributed by atoms with Crippen molar-refractivity contribution in [3.8, 4) is 11.5 Å². The Morgan fingerprint density at radius 2 is 1.76 bits per heavy atom. The predicted octanol–water partition coefficient (Wildman–Crippen LogP) is 2.27. The molecule has 0 radical (unpaired) electrons. The molecular weight excluding hydrogens is 466 g/mol. The topological polar surface area (TPSA) is 131 Å². The van der Waals surface area contributed by atoms with Crippen LogP contribution in [0.2, 0.25) is 0 Å². The lowest BCUT2D eigenvalue weighted by Crippen LogP contribution is -2.40. The van der Waals surface area contributed by atoms with Gasteiger partial charge < -0.3 is 24.2 Å². The Bertz CT molecular complexity index is 1130. The summed E-state index contributed by atoms with van der Waals surface area (Å²) in [6.45, 7) is -1.57. The van der Waals surface area contributed by atoms with Crippen molar-refractivity contribution in [1.29, 1.82) is 0 Å². The highest BCUT2D eigenvalue weighted by molar-refractivity contribution is 7.92. The van der Waals surface area contributed by atoms with Crippen LogP contribution >= 0.6 is 0 Å². The quantitative estimate of drug-likeness (QED) is 0.581. The number of morpholine rings is 1. The third-order valence-corrected chi connectivity index (χ3v) is 6.09. The van der Waals surface area contributed by atoms with E-state index in [0.29, 0.717) is 26.3 Å². The molecule has 1 aliphatic rings. The number of amides is 1. The van der Waals surface area contributed by atoms with Gasteiger partial charge in [0.2, 0.25) is 0 Å². The largest absolute Gasteiger partial charge is 0.493 e. The SMILES string of the molecule is COc1cc(NS(=O)(=O)c2ccc(C(=O)N3CCOCC3)cc2)c(C(=O)O)cc1OC(F)F. The van der Waals surface area contributed by atoms with Crippen molar-refractivity contribution in [3.63, 3.8) is 0 Å². The number of carbonyl (C=O) groups is 2. The number of halogens is 2. The van der Waals surface area contributed by atoms with Gasteiger partial charge in [-0.1, -0.05) is 0 Å². The lowest BCUT2D eigenvalue weighted by molar-refractivity contribution is -0.0512. The van der Waals surface area contributed by atoms with Gasteiger partial charge in [0.15, 0.2) is 11.5 Å². The minimum Gasteiger partial charge on any atom is -0.493 e. The smallest absolute Gasteiger partial charge is 0.387 e. The van der Waals surface area contributed by atoms with Crippen molar-refractivity contribution < 1.29 is 46.1 Å². The van der Waals surface area contributed by atoms with E-state index >= 15 is 0 Å². The molecule has 0 unspecified atom stereocenters. The molecule has 0 saturated carbocycles. The number of ether oxygens (including phenoxy) is 3. The highest BCUT2D eigenvalue weighted by atomic mass is 32.2. The molecule has 0 aromatic heterocycles. The standard InChI is InChI=1S/C20H20F2N2O8S/c1-30-16-11-15(14(19(26)27)10-17(16)32-20(21)22)23-33(28,29)13-4-2-12(3-5-13)18(25)24-6-8-31-9-7-24/h2-5,10-11,20,23H,6-9H2,1H3,(H,26,27). The first-order valence-corrected chi connectivity index (χ1v) is 11.0. The summed E-state index contributed by atoms with van der Waals surface area (Å²) in [6.07, 6.45) is 0. The van der Waals surface area contributed by atoms with Crippen molar-refractivity contribution in [2.45, 2.75) is 11.5 Å². The molecule has 0 bridgehead atoms. The second-order valence-corrected chi connectivity index (χ2v) is 8.45. The van der Waals surface area contributed by atoms with Gasteiger partial charge in [0, 0.05) is 30.8 Å². The molecule has 0 spiro atoms. The number of alkyl halides is 2. The zero-order valence-electron chi connectivity index (χ0n) is 17.3. The lowest BCUT2D eigenvalue weighted by Gasteiger charge is -2.26. The van der Waals surface area contributed by atoms with Crippen molar-refractivity contribution in [1.82, 2.24) is 4.90 Å². The summed E-state index contributed by atoms with van der Waals surface area (Å²) >= 11 is 0. The fraction of sp³-hybridized carbons (Fsp3) is 0.300. The van der Waals surface area contributed by atoms with Gasteiger partial charge in [-0.05, 0) is 24.3 Å². The van der Waals surface area contributed by atoms with E-state index < -0.39 is 39.6 Å². The highest BCUT2D eigenvalue weighted by Crippen LogP contribution is 2.35. The zero-order valence-corrected chi connectivity index (χ0v) is 18.1. The number of carboxylic acid groups (broad SMARTS) is 1. The van der Waals surface area contributed by atoms with E-state index in [0.717, 1.165) is 19.2 Å². The molecule has 2 aromatic carbocycles. The summed E-state index contributed by atoms with van der Waals surface area (Å²) < 4.78 is 67.3. The van der Waals surface area contributed by atoms with Gasteiger partial charge in [-0.2, -0.15) is 8.78 Å². The van der Waals surface area contributed by atoms with Gasteiger partial charge in [-0.15, -0.1) is 0 Å². The van der Waals surface area contributed by atoms with Crippen LogP contribution in [0, 0.1) is 0 Å². The average molecular weight is 486 g/mol. The minimum atomic E-state index is -4.30. The summed E-state index contributed by atoms with van der Waals surface area (Å²) in [5, 5.41) is 9.41. The summed E-state index contributed by atoms with van der Waals surface area (Å²) in [5.74, 6) is -2.73. The number of nitrogens with one attached hydrogen (secondary N) is 1. The van der Waals surface area contributed by atoms with Crippen LogP contribution in [0.1, 0.15) is 20.7 Å². The van der Waals surface area contributed by atoms with Crippen LogP contribution in [0.25, 0.3) is 0 Å². The fourth-order valence-electron chi connectivity index (χ4n) is 3.10. The molecule has 10 nitrogen and oxygen atoms in total. The number of hydrogen-bond acceptors (Lipinski definition) is 7. The Balaban J connectivity index is 1.87. The maximum atomic E-state index is 12.8. The van der Waals surface area contributed by atoms with E-state index in [2.05, 4.69) is 9.46 Å². The molecule has 1 saturated heterocycles. The van der Waals surface area contributed by atoms with E-state index in [1.807, 2.05) is 0 Å². The second-order valence-electron chi connectivity index (χ2n) is 6.77. The van der Waals surface area contributed by atoms with Crippen LogP contribution in [-0.2, 0) is 14.8 Å². The summed E-state index contributed by atoms with van der Waals surface area (Å²) in [6, 6.07) is 6.73. The third-order valence-electron chi connectivity index (χ3n) is 4.70. The van der Waals surface area contributed by atoms with E-state index in [-0.39, 0.29) is 22.1 Å². The number of sulfonamides is 1. The molecule has 2 aromatic rings. The molecule has 0 aliphatic carbocycles. The molecule has 33 heavy (non-hydrogen) atoms. The van der Waals surface area contributed by atoms with E-state index in [4.69, 9.17) is 9.47 Å². The van der Waals surface area contributed by atoms with Gasteiger partial charge in [0.1, 0.15) is 0 Å². The molecule has 178 valence electrons. The zero-order chi connectivity index (χ0) is 24.2. The molecule has 3 rings (SSSR count). The number of aromatic carboxylic acids is 1. The average Bonchev–Trinajstić information content (AvgIpc) is 2.79. The van der Waals surface area contributed by atoms with Crippen LogP contribution < -0.4 is 14.2 Å². The first-order chi connectivity index (χ1) is 15.6. The number of hydrogen-bond donors (Lipinski definition) is 2. The Labute approximate surface area is 187 Å². The van der Waals surface area contributed by atoms with Gasteiger partial charge in [0.05, 0.1) is 36.5 Å². The Kier molecular flexibility index (Phi) is 7.33. The predicted molar refractivity (Wildman–Crippen MR) is 111 cm³/mol. The number of benzene rings is 2. The Hall–Kier alpha value is -3.45. The summed E-state index contributed by atoms with van der Waals surface area (Å²) in [5.41, 5.74) is -0.777. The Morgan fingerprint density at radius 1 is 1.12 bits per heavy atom. The monoisotopic (exact) mass is 486 g/mol. The molecule has 0 atom stereocenters. The molecule has 1 aliphatic heterocycles. The van der Waals surface area contributed by atoms with Crippen LogP contribution in [0.5, 0.6) is 11.5 Å². The summed E-state index contributed by atoms with van der Waals surface area (Å²) in [4.78, 5) is 25.4. The lowest BCUT2D eigenvalue weighted by atomic mass is 10.1. The van der Waals surface area contributed by atoms with Crippen LogP contribution in [0.15, 0.2) is 41.3 Å². The third kappa shape index (κ3) is 5.68. The van der Waals surface area contributed by atoms with E-state index in [1.54, 1.807) is 4.90 Å². The number of rotatable bonds is 8. The molecule has 2 N–H and O–H groups in total. The molecule has 1 heterocycles. The van der Waals surface area contributed by atoms with E-state index in [9.17, 15) is 31.9 Å². The molecular formula is C20H20F2N2O8S. The maximum absolute atomic E-state index is 12.8. The number of anilines is 1. The summed E-state index contributed by atoms with van der Waals surface area (Å²) in [7, 11) is -3.18. The normalized spacial score (nSPS) is 14.1. The van der Waals surface area contributed by atoms with Crippen molar-refractivity contribution in [3.05, 3.63) is 47.5 Å². The second kappa shape index (κ2) is 10.0. The highest BCUT2D eigenvalue weighted by Gasteiger charge is 2.24. The fourth-order valence-corrected chi connectivity index (χ4v) is 4.17. The van der Waals surface area contributed by atoms with Crippen LogP contribution in [0.3, 0.4) is 0 Å². The van der Waals surface area contributed by atoms with Crippen LogP contribution in [0.4, 0.5) is 14.5 Å². The van der Waals surface area contributed by atoms with Crippen molar-refractivity contribution >= 4 is 27.6 Å². The van der Waals surface area contributed by atoms with Crippen molar-refractivity contribution in [2.75, 3.05) is 38.1 Å². The number of carboxylic acids is 1. The van der Waals surface area contributed by atoms with Gasteiger partial charge in [-0.3, -0.25) is 9.52 Å².